The average Bonchev–Trinajstić information content (AvgIpc) is 3.08. The van der Waals surface area contributed by atoms with Crippen molar-refractivity contribution in [1.82, 2.24) is 9.80 Å². The van der Waals surface area contributed by atoms with Gasteiger partial charge in [-0.2, -0.15) is 0 Å². The van der Waals surface area contributed by atoms with Crippen LogP contribution < -0.4 is 0 Å². The van der Waals surface area contributed by atoms with Gasteiger partial charge in [0.25, 0.3) is 0 Å². The molecule has 26 heavy (non-hydrogen) atoms. The molecule has 1 aromatic rings. The lowest BCUT2D eigenvalue weighted by molar-refractivity contribution is -0.146. The van der Waals surface area contributed by atoms with Gasteiger partial charge in [0.05, 0.1) is 5.41 Å². The summed E-state index contributed by atoms with van der Waals surface area (Å²) in [6.45, 7) is 4.46. The number of carbonyl (C=O) groups excluding carboxylic acids is 1. The summed E-state index contributed by atoms with van der Waals surface area (Å²) in [6.07, 6.45) is 4.89. The van der Waals surface area contributed by atoms with Gasteiger partial charge >= 0.3 is 0 Å². The Kier molecular flexibility index (Phi) is 4.97. The van der Waals surface area contributed by atoms with E-state index in [1.165, 1.54) is 6.07 Å². The van der Waals surface area contributed by atoms with E-state index in [9.17, 15) is 13.6 Å². The fourth-order valence-corrected chi connectivity index (χ4v) is 4.81. The lowest BCUT2D eigenvalue weighted by Crippen LogP contribution is -2.50. The van der Waals surface area contributed by atoms with Crippen molar-refractivity contribution in [3.05, 3.63) is 35.4 Å². The maximum absolute atomic E-state index is 13.5. The van der Waals surface area contributed by atoms with Crippen LogP contribution in [0.2, 0.25) is 0 Å². The molecule has 3 heterocycles. The van der Waals surface area contributed by atoms with Crippen molar-refractivity contribution >= 4 is 5.91 Å². The third-order valence-electron chi connectivity index (χ3n) is 6.27. The zero-order valence-electron chi connectivity index (χ0n) is 15.1. The summed E-state index contributed by atoms with van der Waals surface area (Å²) in [6, 6.07) is 4.43. The number of likely N-dealkylation sites (tertiary alicyclic amines) is 2. The van der Waals surface area contributed by atoms with E-state index >= 15 is 0 Å². The molecule has 0 saturated carbocycles. The van der Waals surface area contributed by atoms with Gasteiger partial charge in [-0.1, -0.05) is 6.07 Å². The molecule has 0 N–H and O–H groups in total. The fourth-order valence-electron chi connectivity index (χ4n) is 4.81. The molecule has 4 nitrogen and oxygen atoms in total. The van der Waals surface area contributed by atoms with Crippen LogP contribution in [0.4, 0.5) is 8.78 Å². The predicted molar refractivity (Wildman–Crippen MR) is 93.5 cm³/mol. The van der Waals surface area contributed by atoms with Gasteiger partial charge in [-0.25, -0.2) is 8.78 Å². The van der Waals surface area contributed by atoms with E-state index in [4.69, 9.17) is 4.74 Å². The Labute approximate surface area is 153 Å². The molecule has 0 radical (unpaired) electrons. The first-order chi connectivity index (χ1) is 12.6. The maximum Gasteiger partial charge on any atom is 0.230 e. The van der Waals surface area contributed by atoms with E-state index in [0.29, 0.717) is 24.7 Å². The fraction of sp³-hybridized carbons (Fsp3) is 0.650. The monoisotopic (exact) mass is 364 g/mol. The van der Waals surface area contributed by atoms with Crippen LogP contribution in [0, 0.1) is 17.0 Å². The predicted octanol–water partition coefficient (Wildman–Crippen LogP) is 2.96. The average molecular weight is 364 g/mol. The number of piperidine rings is 1. The third-order valence-corrected chi connectivity index (χ3v) is 6.27. The SMILES string of the molecule is O=C1N(Cc2ccc(F)c(F)c2)CCC[C@]12CCN(C1CCOCC1)C2. The van der Waals surface area contributed by atoms with Gasteiger partial charge in [0.2, 0.25) is 5.91 Å². The van der Waals surface area contributed by atoms with Crippen LogP contribution in [0.25, 0.3) is 0 Å². The lowest BCUT2D eigenvalue weighted by atomic mass is 9.78. The largest absolute Gasteiger partial charge is 0.381 e. The highest BCUT2D eigenvalue weighted by Crippen LogP contribution is 2.42. The van der Waals surface area contributed by atoms with Crippen molar-refractivity contribution in [2.24, 2.45) is 5.41 Å². The van der Waals surface area contributed by atoms with Crippen molar-refractivity contribution in [3.63, 3.8) is 0 Å². The highest BCUT2D eigenvalue weighted by molar-refractivity contribution is 5.84. The van der Waals surface area contributed by atoms with Crippen molar-refractivity contribution in [2.45, 2.75) is 44.7 Å². The number of hydrogen-bond donors (Lipinski definition) is 0. The summed E-state index contributed by atoms with van der Waals surface area (Å²) < 4.78 is 32.1. The second kappa shape index (κ2) is 7.24. The van der Waals surface area contributed by atoms with Crippen LogP contribution in [0.3, 0.4) is 0 Å². The number of ether oxygens (including phenoxy) is 1. The smallest absolute Gasteiger partial charge is 0.230 e. The summed E-state index contributed by atoms with van der Waals surface area (Å²) >= 11 is 0. The number of hydrogen-bond acceptors (Lipinski definition) is 3. The Morgan fingerprint density at radius 1 is 1.12 bits per heavy atom. The Bertz CT molecular complexity index is 678. The summed E-state index contributed by atoms with van der Waals surface area (Å²) in [5, 5.41) is 0. The van der Waals surface area contributed by atoms with Crippen molar-refractivity contribution in [1.29, 1.82) is 0 Å². The molecule has 0 unspecified atom stereocenters. The van der Waals surface area contributed by atoms with E-state index < -0.39 is 11.6 Å². The first-order valence-corrected chi connectivity index (χ1v) is 9.62. The molecule has 1 spiro atoms. The molecule has 6 heteroatoms. The molecule has 1 aromatic carbocycles. The van der Waals surface area contributed by atoms with Crippen molar-refractivity contribution in [2.75, 3.05) is 32.8 Å². The summed E-state index contributed by atoms with van der Waals surface area (Å²) in [7, 11) is 0. The van der Waals surface area contributed by atoms with Crippen LogP contribution in [0.15, 0.2) is 18.2 Å². The number of halogens is 2. The van der Waals surface area contributed by atoms with E-state index in [0.717, 1.165) is 64.5 Å². The van der Waals surface area contributed by atoms with Gasteiger partial charge < -0.3 is 9.64 Å². The number of amides is 1. The third kappa shape index (κ3) is 3.37. The van der Waals surface area contributed by atoms with Crippen LogP contribution in [0.5, 0.6) is 0 Å². The van der Waals surface area contributed by atoms with Gasteiger partial charge in [0.1, 0.15) is 0 Å². The van der Waals surface area contributed by atoms with Crippen molar-refractivity contribution < 1.29 is 18.3 Å². The van der Waals surface area contributed by atoms with Crippen LogP contribution in [-0.2, 0) is 16.1 Å². The second-order valence-electron chi connectivity index (χ2n) is 7.92. The Morgan fingerprint density at radius 2 is 1.92 bits per heavy atom. The molecule has 1 atom stereocenters. The van der Waals surface area contributed by atoms with Gasteiger partial charge in [-0.15, -0.1) is 0 Å². The topological polar surface area (TPSA) is 32.8 Å². The number of rotatable bonds is 3. The molecule has 3 aliphatic rings. The minimum atomic E-state index is -0.853. The van der Waals surface area contributed by atoms with Crippen LogP contribution in [0.1, 0.15) is 37.7 Å². The number of nitrogens with zero attached hydrogens (tertiary/aromatic N) is 2. The van der Waals surface area contributed by atoms with E-state index in [2.05, 4.69) is 4.90 Å². The van der Waals surface area contributed by atoms with Crippen LogP contribution in [-0.4, -0.2) is 54.6 Å². The first-order valence-electron chi connectivity index (χ1n) is 9.62. The standard InChI is InChI=1S/C20H26F2N2O2/c21-17-3-2-15(12-18(17)22)13-23-8-1-6-20(19(23)25)7-9-24(14-20)16-4-10-26-11-5-16/h2-3,12,16H,1,4-11,13-14H2/t20-/m1/s1. The molecule has 3 saturated heterocycles. The highest BCUT2D eigenvalue weighted by Gasteiger charge is 2.49. The summed E-state index contributed by atoms with van der Waals surface area (Å²) in [5.41, 5.74) is 0.350. The molecule has 142 valence electrons. The zero-order valence-corrected chi connectivity index (χ0v) is 15.1. The molecular weight excluding hydrogens is 338 g/mol. The Balaban J connectivity index is 1.45. The van der Waals surface area contributed by atoms with Crippen LogP contribution >= 0.6 is 0 Å². The minimum absolute atomic E-state index is 0.183. The lowest BCUT2D eigenvalue weighted by Gasteiger charge is -2.40. The first kappa shape index (κ1) is 17.9. The Hall–Kier alpha value is -1.53. The molecule has 3 aliphatic heterocycles. The second-order valence-corrected chi connectivity index (χ2v) is 7.92. The molecule has 4 rings (SSSR count). The molecule has 0 aromatic heterocycles. The maximum atomic E-state index is 13.5. The normalized spacial score (nSPS) is 28.2. The molecule has 0 aliphatic carbocycles. The van der Waals surface area contributed by atoms with Crippen molar-refractivity contribution in [3.8, 4) is 0 Å². The van der Waals surface area contributed by atoms with E-state index in [1.54, 1.807) is 6.07 Å². The van der Waals surface area contributed by atoms with Gasteiger partial charge in [0, 0.05) is 38.9 Å². The minimum Gasteiger partial charge on any atom is -0.381 e. The van der Waals surface area contributed by atoms with Gasteiger partial charge in [-0.3, -0.25) is 9.69 Å². The number of benzene rings is 1. The van der Waals surface area contributed by atoms with E-state index in [-0.39, 0.29) is 11.3 Å². The quantitative estimate of drug-likeness (QED) is 0.827. The number of carbonyl (C=O) groups is 1. The highest BCUT2D eigenvalue weighted by atomic mass is 19.2. The van der Waals surface area contributed by atoms with Gasteiger partial charge in [0.15, 0.2) is 11.6 Å². The zero-order chi connectivity index (χ0) is 18.1. The molecule has 0 bridgehead atoms. The molecule has 3 fully saturated rings. The van der Waals surface area contributed by atoms with Gasteiger partial charge in [-0.05, 0) is 56.3 Å². The molecule has 1 amide bonds. The summed E-state index contributed by atoms with van der Waals surface area (Å²) in [5.74, 6) is -1.52. The summed E-state index contributed by atoms with van der Waals surface area (Å²) in [4.78, 5) is 17.6. The molecular formula is C20H26F2N2O2. The Morgan fingerprint density at radius 3 is 2.69 bits per heavy atom. The van der Waals surface area contributed by atoms with E-state index in [1.807, 2.05) is 4.90 Å².